The lowest BCUT2D eigenvalue weighted by molar-refractivity contribution is -0.136. The molecule has 3 N–H and O–H groups in total. The first kappa shape index (κ1) is 50.2. The average molecular weight is 1020 g/mol. The number of hydrogen-bond donors (Lipinski definition) is 3. The number of imide groups is 1. The summed E-state index contributed by atoms with van der Waals surface area (Å²) >= 11 is 0. The number of aromatic nitrogens is 3. The van der Waals surface area contributed by atoms with Crippen molar-refractivity contribution >= 4 is 45.2 Å². The van der Waals surface area contributed by atoms with Crippen molar-refractivity contribution in [3.05, 3.63) is 82.8 Å². The van der Waals surface area contributed by atoms with Gasteiger partial charge < -0.3 is 34.6 Å². The van der Waals surface area contributed by atoms with Gasteiger partial charge in [-0.1, -0.05) is 31.4 Å². The van der Waals surface area contributed by atoms with Crippen molar-refractivity contribution in [2.45, 2.75) is 127 Å². The third kappa shape index (κ3) is 10.6. The minimum absolute atomic E-state index is 0.0413. The van der Waals surface area contributed by atoms with Crippen LogP contribution >= 0.6 is 0 Å². The molecule has 2 bridgehead atoms. The van der Waals surface area contributed by atoms with E-state index in [1.165, 1.54) is 29.2 Å². The summed E-state index contributed by atoms with van der Waals surface area (Å²) < 4.78 is 59.5. The van der Waals surface area contributed by atoms with E-state index in [0.29, 0.717) is 60.5 Å². The van der Waals surface area contributed by atoms with Gasteiger partial charge in [0.05, 0.1) is 5.39 Å². The fourth-order valence-electron chi connectivity index (χ4n) is 12.6. The lowest BCUT2D eigenvalue weighted by atomic mass is 9.85. The van der Waals surface area contributed by atoms with Gasteiger partial charge in [-0.2, -0.15) is 9.97 Å². The molecule has 0 radical (unpaired) electrons. The smallest absolute Gasteiger partial charge is 0.319 e. The number of rotatable bonds is 19. The van der Waals surface area contributed by atoms with Gasteiger partial charge >= 0.3 is 6.01 Å². The number of anilines is 1. The minimum atomic E-state index is -0.727. The lowest BCUT2D eigenvalue weighted by Gasteiger charge is -2.34. The molecule has 4 atom stereocenters. The van der Waals surface area contributed by atoms with Crippen molar-refractivity contribution in [1.29, 1.82) is 0 Å². The summed E-state index contributed by atoms with van der Waals surface area (Å²) in [5, 5.41) is 17.6. The van der Waals surface area contributed by atoms with Crippen LogP contribution in [0, 0.1) is 17.5 Å². The number of amides is 3. The largest absolute Gasteiger partial charge is 0.508 e. The normalized spacial score (nSPS) is 22.7. The van der Waals surface area contributed by atoms with E-state index in [1.807, 2.05) is 0 Å². The zero-order valence-corrected chi connectivity index (χ0v) is 41.9. The Bertz CT molecular complexity index is 2910. The van der Waals surface area contributed by atoms with Gasteiger partial charge in [-0.25, -0.2) is 13.2 Å². The highest BCUT2D eigenvalue weighted by Gasteiger charge is 2.41. The highest BCUT2D eigenvalue weighted by Crippen LogP contribution is 2.40. The quantitative estimate of drug-likeness (QED) is 0.0544. The minimum Gasteiger partial charge on any atom is -0.508 e. The average Bonchev–Trinajstić information content (AvgIpc) is 4.10. The molecule has 3 amide bonds. The van der Waals surface area contributed by atoms with E-state index in [9.17, 15) is 23.9 Å². The molecule has 5 fully saturated rings. The third-order valence-electron chi connectivity index (χ3n) is 16.4. The number of piperazine rings is 1. The predicted octanol–water partition coefficient (Wildman–Crippen LogP) is 7.75. The van der Waals surface area contributed by atoms with Gasteiger partial charge in [0.2, 0.25) is 11.8 Å². The molecule has 2 aromatic heterocycles. The van der Waals surface area contributed by atoms with E-state index < -0.39 is 29.4 Å². The third-order valence-corrected chi connectivity index (χ3v) is 16.4. The van der Waals surface area contributed by atoms with Gasteiger partial charge in [-0.3, -0.25) is 29.6 Å². The Morgan fingerprint density at radius 2 is 1.61 bits per heavy atom. The van der Waals surface area contributed by atoms with Crippen molar-refractivity contribution in [2.75, 3.05) is 70.5 Å². The second-order valence-corrected chi connectivity index (χ2v) is 21.3. The number of nitrogens with zero attached hydrogens (tertiary/aromatic N) is 7. The number of unbranched alkanes of at least 4 members (excludes halogenated alkanes) is 4. The number of hydrogen-bond acceptors (Lipinski definition) is 13. The molecular weight excluding hydrogens is 952 g/mol. The van der Waals surface area contributed by atoms with Crippen molar-refractivity contribution < 1.29 is 42.1 Å². The van der Waals surface area contributed by atoms with Crippen LogP contribution in [-0.2, 0) is 20.9 Å². The molecule has 11 rings (SSSR count). The summed E-state index contributed by atoms with van der Waals surface area (Å²) in [5.74, 6) is -2.23. The Morgan fingerprint density at radius 1 is 0.811 bits per heavy atom. The van der Waals surface area contributed by atoms with Crippen LogP contribution in [0.15, 0.2) is 48.7 Å². The molecule has 3 aromatic carbocycles. The SMILES string of the molecule is O=C1CCC(N2Cc3c(cc(F)cc3C3CCN(CCCCCCCOCCCN4CCC[C@H]4COc4nc(N5CC6CCC(C5)N6)c5cnc(-c6cc(O)cc7cccc(F)c67)c(F)c5n4)CC3)C2=O)C(=O)N1. The van der Waals surface area contributed by atoms with Crippen molar-refractivity contribution in [3.8, 4) is 23.0 Å². The van der Waals surface area contributed by atoms with Gasteiger partial charge in [-0.15, -0.1) is 0 Å². The van der Waals surface area contributed by atoms with Gasteiger partial charge in [0.1, 0.15) is 47.1 Å². The van der Waals surface area contributed by atoms with E-state index in [4.69, 9.17) is 14.5 Å². The van der Waals surface area contributed by atoms with E-state index in [-0.39, 0.29) is 77.1 Å². The number of phenols is 1. The Balaban J connectivity index is 0.610. The number of piperidine rings is 2. The number of benzene rings is 3. The summed E-state index contributed by atoms with van der Waals surface area (Å²) in [5.41, 5.74) is 2.12. The molecule has 6 aliphatic heterocycles. The summed E-state index contributed by atoms with van der Waals surface area (Å²) in [6, 6.07) is 10.3. The maximum absolute atomic E-state index is 16.9. The fraction of sp³-hybridized carbons (Fsp3) is 0.536. The predicted molar refractivity (Wildman–Crippen MR) is 273 cm³/mol. The van der Waals surface area contributed by atoms with Gasteiger partial charge in [0.25, 0.3) is 5.91 Å². The van der Waals surface area contributed by atoms with Crippen molar-refractivity contribution in [2.24, 2.45) is 0 Å². The Kier molecular flexibility index (Phi) is 15.0. The number of aromatic hydroxyl groups is 1. The monoisotopic (exact) mass is 1020 g/mol. The number of fused-ring (bicyclic) bond motifs is 5. The number of halogens is 3. The molecule has 18 heteroatoms. The molecular formula is C56H66F3N9O6. The van der Waals surface area contributed by atoms with E-state index in [1.54, 1.807) is 24.4 Å². The number of carbonyl (C=O) groups excluding carboxylic acids is 3. The molecule has 74 heavy (non-hydrogen) atoms. The van der Waals surface area contributed by atoms with Crippen LogP contribution in [-0.4, -0.2) is 142 Å². The number of carbonyl (C=O) groups is 3. The maximum Gasteiger partial charge on any atom is 0.319 e. The number of nitrogens with one attached hydrogen (secondary N) is 2. The van der Waals surface area contributed by atoms with Gasteiger partial charge in [0.15, 0.2) is 5.82 Å². The van der Waals surface area contributed by atoms with Crippen LogP contribution in [0.2, 0.25) is 0 Å². The molecule has 0 saturated carbocycles. The van der Waals surface area contributed by atoms with Gasteiger partial charge in [0, 0.05) is 86.6 Å². The van der Waals surface area contributed by atoms with Crippen LogP contribution in [0.3, 0.4) is 0 Å². The Morgan fingerprint density at radius 3 is 2.43 bits per heavy atom. The van der Waals surface area contributed by atoms with E-state index in [2.05, 4.69) is 35.3 Å². The summed E-state index contributed by atoms with van der Waals surface area (Å²) in [7, 11) is 0. The highest BCUT2D eigenvalue weighted by atomic mass is 19.1. The van der Waals surface area contributed by atoms with Crippen molar-refractivity contribution in [3.63, 3.8) is 0 Å². The molecule has 0 aliphatic carbocycles. The zero-order chi connectivity index (χ0) is 50.9. The molecule has 5 aromatic rings. The molecule has 8 heterocycles. The standard InChI is InChI=1S/C56H66F3N9O6/c57-36-26-41(45-32-68(55(72)42(45)27-36)47-14-15-48(70)62-54(47)71)34-16-21-65(22-17-34)18-4-2-1-3-5-23-73-24-8-20-66-19-7-10-39(66)33-74-56-63-52-44(53(64-56)67-30-37-12-13-38(31-67)61-37)29-60-51(50(52)59)43-28-40(69)25-35-9-6-11-46(58)49(35)43/h6,9,11,25-29,34,37-39,47,61,69H,1-5,7-8,10,12-24,30-33H2,(H,62,70,71)/t37?,38?,39-,47?/m0/s1. The fourth-order valence-corrected chi connectivity index (χ4v) is 12.6. The van der Waals surface area contributed by atoms with Crippen LogP contribution in [0.1, 0.15) is 117 Å². The Hall–Kier alpha value is -5.95. The molecule has 5 saturated heterocycles. The molecule has 15 nitrogen and oxygen atoms in total. The molecule has 0 spiro atoms. The topological polar surface area (TPSA) is 166 Å². The van der Waals surface area contributed by atoms with E-state index >= 15 is 8.78 Å². The first-order chi connectivity index (χ1) is 36.0. The van der Waals surface area contributed by atoms with E-state index in [0.717, 1.165) is 128 Å². The maximum atomic E-state index is 16.9. The molecule has 6 aliphatic rings. The summed E-state index contributed by atoms with van der Waals surface area (Å²) in [6.45, 7) is 8.18. The number of ether oxygens (including phenoxy) is 2. The molecule has 3 unspecified atom stereocenters. The first-order valence-corrected chi connectivity index (χ1v) is 27.0. The Labute approximate surface area is 429 Å². The van der Waals surface area contributed by atoms with Crippen LogP contribution in [0.25, 0.3) is 32.9 Å². The molecule has 392 valence electrons. The lowest BCUT2D eigenvalue weighted by Crippen LogP contribution is -2.52. The van der Waals surface area contributed by atoms with Crippen LogP contribution < -0.4 is 20.3 Å². The second-order valence-electron chi connectivity index (χ2n) is 21.3. The number of phenolic OH excluding ortho intramolecular Hbond substituents is 1. The van der Waals surface area contributed by atoms with Crippen LogP contribution in [0.4, 0.5) is 19.0 Å². The van der Waals surface area contributed by atoms with Crippen molar-refractivity contribution in [1.82, 2.24) is 40.3 Å². The summed E-state index contributed by atoms with van der Waals surface area (Å²) in [4.78, 5) is 60.3. The number of likely N-dealkylation sites (tertiary alicyclic amines) is 2. The first-order valence-electron chi connectivity index (χ1n) is 27.0. The van der Waals surface area contributed by atoms with Crippen LogP contribution in [0.5, 0.6) is 11.8 Å². The number of pyridine rings is 1. The zero-order valence-electron chi connectivity index (χ0n) is 41.9. The summed E-state index contributed by atoms with van der Waals surface area (Å²) in [6.07, 6.45) is 14.4. The second kappa shape index (κ2) is 22.1. The highest BCUT2D eigenvalue weighted by molar-refractivity contribution is 6.05. The van der Waals surface area contributed by atoms with Gasteiger partial charge in [-0.05, 0) is 143 Å².